The van der Waals surface area contributed by atoms with Gasteiger partial charge in [-0.1, -0.05) is 31.9 Å². The van der Waals surface area contributed by atoms with Crippen LogP contribution >= 0.6 is 31.9 Å². The highest BCUT2D eigenvalue weighted by Gasteiger charge is 2.13. The van der Waals surface area contributed by atoms with Gasteiger partial charge in [0.1, 0.15) is 11.5 Å². The molecule has 0 heterocycles. The van der Waals surface area contributed by atoms with Gasteiger partial charge >= 0.3 is 0 Å². The summed E-state index contributed by atoms with van der Waals surface area (Å²) < 4.78 is 7.24. The Bertz CT molecular complexity index is 718. The summed E-state index contributed by atoms with van der Waals surface area (Å²) in [6.45, 7) is 1.63. The fourth-order valence-electron chi connectivity index (χ4n) is 1.66. The molecule has 1 unspecified atom stereocenters. The molecule has 2 rings (SSSR count). The van der Waals surface area contributed by atoms with Crippen molar-refractivity contribution in [1.29, 1.82) is 0 Å². The second-order valence-corrected chi connectivity index (χ2v) is 6.48. The normalized spacial score (nSPS) is 12.1. The molecule has 0 bridgehead atoms. The molecule has 0 radical (unpaired) electrons. The van der Waals surface area contributed by atoms with E-state index in [0.29, 0.717) is 11.3 Å². The quantitative estimate of drug-likeness (QED) is 0.547. The number of hydrogen-bond acceptors (Lipinski definition) is 4. The molecule has 1 amide bonds. The lowest BCUT2D eigenvalue weighted by Gasteiger charge is -2.12. The standard InChI is InChI=1S/C16H14Br2N2O3/c1-10(23-14-5-2-12(17)3-6-14)16(22)20-19-9-11-8-13(18)4-7-15(11)21/h2-10,21H,1H3,(H,20,22). The lowest BCUT2D eigenvalue weighted by molar-refractivity contribution is -0.127. The molecule has 1 atom stereocenters. The molecule has 0 aliphatic carbocycles. The van der Waals surface area contributed by atoms with E-state index in [1.54, 1.807) is 31.2 Å². The molecule has 0 aliphatic heterocycles. The van der Waals surface area contributed by atoms with Gasteiger partial charge in [-0.3, -0.25) is 4.79 Å². The van der Waals surface area contributed by atoms with Crippen LogP contribution in [0.2, 0.25) is 0 Å². The molecule has 2 aromatic rings. The molecule has 120 valence electrons. The van der Waals surface area contributed by atoms with Crippen molar-refractivity contribution >= 4 is 44.0 Å². The fourth-order valence-corrected chi connectivity index (χ4v) is 2.30. The molecule has 5 nitrogen and oxygen atoms in total. The number of amides is 1. The summed E-state index contributed by atoms with van der Waals surface area (Å²) in [7, 11) is 0. The van der Waals surface area contributed by atoms with Crippen molar-refractivity contribution < 1.29 is 14.6 Å². The molecule has 2 aromatic carbocycles. The van der Waals surface area contributed by atoms with Gasteiger partial charge in [0, 0.05) is 14.5 Å². The number of benzene rings is 2. The van der Waals surface area contributed by atoms with Crippen LogP contribution in [0.3, 0.4) is 0 Å². The highest BCUT2D eigenvalue weighted by Crippen LogP contribution is 2.20. The van der Waals surface area contributed by atoms with Crippen LogP contribution in [-0.2, 0) is 4.79 Å². The van der Waals surface area contributed by atoms with Gasteiger partial charge in [-0.2, -0.15) is 5.10 Å². The Morgan fingerprint density at radius 3 is 2.57 bits per heavy atom. The Labute approximate surface area is 150 Å². The van der Waals surface area contributed by atoms with Crippen LogP contribution in [0.4, 0.5) is 0 Å². The second kappa shape index (κ2) is 8.12. The van der Waals surface area contributed by atoms with Crippen LogP contribution in [0.25, 0.3) is 0 Å². The van der Waals surface area contributed by atoms with Crippen LogP contribution in [-0.4, -0.2) is 23.3 Å². The Morgan fingerprint density at radius 2 is 1.87 bits per heavy atom. The summed E-state index contributed by atoms with van der Waals surface area (Å²) >= 11 is 6.63. The molecule has 0 aliphatic rings. The van der Waals surface area contributed by atoms with Crippen molar-refractivity contribution in [2.24, 2.45) is 5.10 Å². The molecule has 0 fully saturated rings. The van der Waals surface area contributed by atoms with E-state index in [4.69, 9.17) is 4.74 Å². The maximum absolute atomic E-state index is 11.9. The van der Waals surface area contributed by atoms with E-state index in [1.165, 1.54) is 12.3 Å². The third kappa shape index (κ3) is 5.37. The van der Waals surface area contributed by atoms with Gasteiger partial charge in [0.15, 0.2) is 6.10 Å². The number of nitrogens with one attached hydrogen (secondary N) is 1. The largest absolute Gasteiger partial charge is 0.507 e. The number of ether oxygens (including phenoxy) is 1. The van der Waals surface area contributed by atoms with E-state index in [0.717, 1.165) is 8.95 Å². The van der Waals surface area contributed by atoms with Gasteiger partial charge < -0.3 is 9.84 Å². The molecular weight excluding hydrogens is 428 g/mol. The number of rotatable bonds is 5. The van der Waals surface area contributed by atoms with Crippen molar-refractivity contribution in [2.75, 3.05) is 0 Å². The Morgan fingerprint density at radius 1 is 1.22 bits per heavy atom. The van der Waals surface area contributed by atoms with E-state index in [1.807, 2.05) is 12.1 Å². The van der Waals surface area contributed by atoms with Gasteiger partial charge in [0.05, 0.1) is 6.21 Å². The van der Waals surface area contributed by atoms with Gasteiger partial charge in [0.2, 0.25) is 0 Å². The van der Waals surface area contributed by atoms with Crippen LogP contribution < -0.4 is 10.2 Å². The maximum Gasteiger partial charge on any atom is 0.280 e. The Hall–Kier alpha value is -1.86. The summed E-state index contributed by atoms with van der Waals surface area (Å²) in [5, 5.41) is 13.5. The second-order valence-electron chi connectivity index (χ2n) is 4.65. The number of hydrazone groups is 1. The molecule has 0 aromatic heterocycles. The molecular formula is C16H14Br2N2O3. The summed E-state index contributed by atoms with van der Waals surface area (Å²) in [4.78, 5) is 11.9. The monoisotopic (exact) mass is 440 g/mol. The topological polar surface area (TPSA) is 70.9 Å². The van der Waals surface area contributed by atoms with E-state index >= 15 is 0 Å². The summed E-state index contributed by atoms with van der Waals surface area (Å²) in [6, 6.07) is 12.1. The average Bonchev–Trinajstić information content (AvgIpc) is 2.52. The minimum atomic E-state index is -0.704. The van der Waals surface area contributed by atoms with Crippen LogP contribution in [0.1, 0.15) is 12.5 Å². The minimum absolute atomic E-state index is 0.0744. The van der Waals surface area contributed by atoms with Gasteiger partial charge in [-0.05, 0) is 49.4 Å². The number of nitrogens with zero attached hydrogens (tertiary/aromatic N) is 1. The lowest BCUT2D eigenvalue weighted by atomic mass is 10.2. The Kier molecular flexibility index (Phi) is 6.18. The SMILES string of the molecule is CC(Oc1ccc(Br)cc1)C(=O)NN=Cc1cc(Br)ccc1O. The van der Waals surface area contributed by atoms with Crippen LogP contribution in [0, 0.1) is 0 Å². The first-order valence-electron chi connectivity index (χ1n) is 6.69. The molecule has 7 heteroatoms. The van der Waals surface area contributed by atoms with Crippen molar-refractivity contribution in [1.82, 2.24) is 5.43 Å². The van der Waals surface area contributed by atoms with Gasteiger partial charge in [-0.15, -0.1) is 0 Å². The Balaban J connectivity index is 1.92. The summed E-state index contributed by atoms with van der Waals surface area (Å²) in [6.07, 6.45) is 0.661. The van der Waals surface area contributed by atoms with E-state index in [9.17, 15) is 9.90 Å². The molecule has 0 spiro atoms. The molecule has 0 saturated carbocycles. The number of phenols is 1. The van der Waals surface area contributed by atoms with Crippen molar-refractivity contribution in [3.63, 3.8) is 0 Å². The summed E-state index contributed by atoms with van der Waals surface area (Å²) in [5.74, 6) is 0.272. The molecule has 2 N–H and O–H groups in total. The highest BCUT2D eigenvalue weighted by molar-refractivity contribution is 9.10. The zero-order valence-corrected chi connectivity index (χ0v) is 15.3. The van der Waals surface area contributed by atoms with Crippen molar-refractivity contribution in [3.05, 3.63) is 57.0 Å². The van der Waals surface area contributed by atoms with Crippen molar-refractivity contribution in [2.45, 2.75) is 13.0 Å². The van der Waals surface area contributed by atoms with E-state index < -0.39 is 12.0 Å². The number of carbonyl (C=O) groups excluding carboxylic acids is 1. The predicted octanol–water partition coefficient (Wildman–Crippen LogP) is 3.83. The van der Waals surface area contributed by atoms with Crippen molar-refractivity contribution in [3.8, 4) is 11.5 Å². The molecule has 23 heavy (non-hydrogen) atoms. The average molecular weight is 442 g/mol. The highest BCUT2D eigenvalue weighted by atomic mass is 79.9. The maximum atomic E-state index is 11.9. The zero-order valence-electron chi connectivity index (χ0n) is 12.2. The number of carbonyl (C=O) groups is 1. The molecule has 0 saturated heterocycles. The summed E-state index contributed by atoms with van der Waals surface area (Å²) in [5.41, 5.74) is 2.87. The zero-order chi connectivity index (χ0) is 16.8. The van der Waals surface area contributed by atoms with Crippen LogP contribution in [0.5, 0.6) is 11.5 Å². The third-order valence-corrected chi connectivity index (χ3v) is 3.89. The first-order chi connectivity index (χ1) is 11.0. The predicted molar refractivity (Wildman–Crippen MR) is 95.8 cm³/mol. The third-order valence-electron chi connectivity index (χ3n) is 2.86. The van der Waals surface area contributed by atoms with Crippen LogP contribution in [0.15, 0.2) is 56.5 Å². The van der Waals surface area contributed by atoms with Gasteiger partial charge in [0.25, 0.3) is 5.91 Å². The smallest absolute Gasteiger partial charge is 0.280 e. The first kappa shape index (κ1) is 17.5. The van der Waals surface area contributed by atoms with Gasteiger partial charge in [-0.25, -0.2) is 5.43 Å². The number of hydrogen-bond donors (Lipinski definition) is 2. The fraction of sp³-hybridized carbons (Fsp3) is 0.125. The number of phenolic OH excluding ortho intramolecular Hbond substituents is 1. The number of halogens is 2. The lowest BCUT2D eigenvalue weighted by Crippen LogP contribution is -2.33. The first-order valence-corrected chi connectivity index (χ1v) is 8.28. The van der Waals surface area contributed by atoms with E-state index in [-0.39, 0.29) is 5.75 Å². The van der Waals surface area contributed by atoms with E-state index in [2.05, 4.69) is 42.4 Å². The minimum Gasteiger partial charge on any atom is -0.507 e. The number of aromatic hydroxyl groups is 1.